The van der Waals surface area contributed by atoms with Gasteiger partial charge in [0.1, 0.15) is 12.4 Å². The Morgan fingerprint density at radius 3 is 2.37 bits per heavy atom. The minimum atomic E-state index is -0.205. The van der Waals surface area contributed by atoms with E-state index in [1.165, 1.54) is 6.08 Å². The minimum Gasteiger partial charge on any atom is -0.999 e. The van der Waals surface area contributed by atoms with Crippen molar-refractivity contribution in [1.82, 2.24) is 0 Å². The molecule has 0 bridgehead atoms. The number of hydrogen-bond donors (Lipinski definition) is 0. The maximum atomic E-state index is 12.5. The molecule has 0 spiro atoms. The molecule has 0 saturated carbocycles. The van der Waals surface area contributed by atoms with Crippen LogP contribution < -0.4 is 4.74 Å². The first-order valence-electron chi connectivity index (χ1n) is 8.63. The van der Waals surface area contributed by atoms with E-state index in [1.807, 2.05) is 30.3 Å². The van der Waals surface area contributed by atoms with Crippen molar-refractivity contribution in [1.29, 1.82) is 0 Å². The number of carbonyl (C=O) groups excluding carboxylic acids is 1. The first-order chi connectivity index (χ1) is 14.2. The van der Waals surface area contributed by atoms with Crippen LogP contribution >= 0.6 is 11.6 Å². The monoisotopic (exact) mass is 448 g/mol. The van der Waals surface area contributed by atoms with Gasteiger partial charge in [0.05, 0.1) is 0 Å². The largest absolute Gasteiger partial charge is 0.999 e. The summed E-state index contributed by atoms with van der Waals surface area (Å²) in [5, 5.41) is 0.479. The van der Waals surface area contributed by atoms with Crippen molar-refractivity contribution in [2.24, 2.45) is 0 Å². The molecule has 0 aliphatic rings. The van der Waals surface area contributed by atoms with E-state index in [0.717, 1.165) is 5.56 Å². The summed E-state index contributed by atoms with van der Waals surface area (Å²) in [5.74, 6) is 0.287. The second-order valence-corrected chi connectivity index (χ2v) is 6.15. The van der Waals surface area contributed by atoms with E-state index in [4.69, 9.17) is 16.3 Å². The Labute approximate surface area is 193 Å². The smallest absolute Gasteiger partial charge is 0.128 e. The topological polar surface area (TPSA) is 26.3 Å². The van der Waals surface area contributed by atoms with Crippen molar-refractivity contribution in [3.8, 4) is 5.75 Å². The SMILES string of the molecule is O=C(/C=C/[c-]1[c-][c-][c-][c-]1)c1cc(Cl)ccc1OCc1ccccc1.[Fe].[c-]1[c-][c-][cH-][c-]1. The van der Waals surface area contributed by atoms with Crippen LogP contribution in [0.1, 0.15) is 21.5 Å². The predicted octanol–water partition coefficient (Wildman–Crippen LogP) is 5.34. The molecule has 0 unspecified atom stereocenters. The van der Waals surface area contributed by atoms with Crippen molar-refractivity contribution < 1.29 is 26.6 Å². The van der Waals surface area contributed by atoms with E-state index < -0.39 is 0 Å². The Kier molecular flexibility index (Phi) is 9.89. The number of allylic oxidation sites excluding steroid dienone is 1. The number of halogens is 1. The van der Waals surface area contributed by atoms with Crippen molar-refractivity contribution in [3.63, 3.8) is 0 Å². The number of ether oxygens (including phenoxy) is 1. The van der Waals surface area contributed by atoms with E-state index in [-0.39, 0.29) is 22.9 Å². The fraction of sp³-hybridized carbons (Fsp3) is 0.0385. The summed E-state index contributed by atoms with van der Waals surface area (Å²) in [6.45, 7) is 0.376. The van der Waals surface area contributed by atoms with Crippen LogP contribution in [0.25, 0.3) is 6.08 Å². The van der Waals surface area contributed by atoms with Crippen LogP contribution in [-0.2, 0) is 23.7 Å². The van der Waals surface area contributed by atoms with Crippen LogP contribution in [0.4, 0.5) is 0 Å². The van der Waals surface area contributed by atoms with Crippen LogP contribution in [0.2, 0.25) is 5.02 Å². The molecule has 0 N–H and O–H groups in total. The van der Waals surface area contributed by atoms with E-state index in [1.54, 1.807) is 30.3 Å². The molecule has 154 valence electrons. The van der Waals surface area contributed by atoms with Gasteiger partial charge in [0.25, 0.3) is 0 Å². The molecule has 0 aliphatic carbocycles. The number of rotatable bonds is 6. The van der Waals surface area contributed by atoms with Gasteiger partial charge in [-0.05, 0) is 23.8 Å². The fourth-order valence-electron chi connectivity index (χ4n) is 2.30. The average Bonchev–Trinajstić information content (AvgIpc) is 3.48. The first kappa shape index (κ1) is 23.4. The van der Waals surface area contributed by atoms with Crippen molar-refractivity contribution in [2.75, 3.05) is 0 Å². The summed E-state index contributed by atoms with van der Waals surface area (Å²) in [5.41, 5.74) is 2.06. The number of benzene rings is 2. The molecule has 0 fully saturated rings. The second kappa shape index (κ2) is 12.7. The van der Waals surface area contributed by atoms with Gasteiger partial charge >= 0.3 is 0 Å². The number of hydrogen-bond acceptors (Lipinski definition) is 2. The third-order valence-corrected chi connectivity index (χ3v) is 3.89. The number of carbonyl (C=O) groups is 1. The molecular formula is C26H13ClFeO2-10. The Bertz CT molecular complexity index is 1000. The van der Waals surface area contributed by atoms with Crippen LogP contribution in [0.15, 0.2) is 60.7 Å². The maximum Gasteiger partial charge on any atom is 0.128 e. The Balaban J connectivity index is 0.000000468. The molecule has 30 heavy (non-hydrogen) atoms. The summed E-state index contributed by atoms with van der Waals surface area (Å²) in [7, 11) is 0. The summed E-state index contributed by atoms with van der Waals surface area (Å²) < 4.78 is 5.80. The first-order valence-corrected chi connectivity index (χ1v) is 9.00. The maximum absolute atomic E-state index is 12.5. The minimum absolute atomic E-state index is 0. The summed E-state index contributed by atoms with van der Waals surface area (Å²) >= 11 is 6.02. The van der Waals surface area contributed by atoms with Crippen LogP contribution in [0.5, 0.6) is 5.75 Å². The Morgan fingerprint density at radius 1 is 1.03 bits per heavy atom. The van der Waals surface area contributed by atoms with Gasteiger partial charge in [-0.1, -0.05) is 41.9 Å². The zero-order valence-corrected chi connectivity index (χ0v) is 17.5. The quantitative estimate of drug-likeness (QED) is 0.172. The normalized spacial score (nSPS) is 10.0. The molecule has 0 saturated heterocycles. The molecule has 0 aliphatic heterocycles. The van der Waals surface area contributed by atoms with E-state index in [9.17, 15) is 4.79 Å². The third kappa shape index (κ3) is 7.53. The van der Waals surface area contributed by atoms with Gasteiger partial charge in [0, 0.05) is 33.4 Å². The molecule has 0 amide bonds. The van der Waals surface area contributed by atoms with Gasteiger partial charge in [0.15, 0.2) is 0 Å². The summed E-state index contributed by atoms with van der Waals surface area (Å²) in [6.07, 6.45) is 3.04. The molecule has 0 aromatic heterocycles. The van der Waals surface area contributed by atoms with Crippen molar-refractivity contribution >= 4 is 23.5 Å². The van der Waals surface area contributed by atoms with Crippen LogP contribution in [0.3, 0.4) is 0 Å². The zero-order chi connectivity index (χ0) is 20.3. The Morgan fingerprint density at radius 2 is 1.73 bits per heavy atom. The van der Waals surface area contributed by atoms with Gasteiger partial charge in [-0.15, -0.1) is 0 Å². The zero-order valence-electron chi connectivity index (χ0n) is 15.6. The molecule has 0 radical (unpaired) electrons. The summed E-state index contributed by atoms with van der Waals surface area (Å²) in [6, 6.07) is 37.6. The van der Waals surface area contributed by atoms with Gasteiger partial charge in [-0.2, -0.15) is 0 Å². The van der Waals surface area contributed by atoms with Crippen molar-refractivity contribution in [3.05, 3.63) is 131 Å². The van der Waals surface area contributed by atoms with Crippen LogP contribution in [-0.4, -0.2) is 5.78 Å². The number of ketones is 1. The van der Waals surface area contributed by atoms with Gasteiger partial charge in [-0.3, -0.25) is 0 Å². The molecule has 4 aromatic rings. The van der Waals surface area contributed by atoms with E-state index in [2.05, 4.69) is 48.5 Å². The molecule has 0 atom stereocenters. The standard InChI is InChI=1S/C21H12ClO2.C5H.Fe/c22-18-11-13-21(24-15-17-8-2-1-3-9-17)19(14-18)20(23)12-10-16-6-4-5-7-16;1-2-4-5-3-1;/h1-3,8-14H,15H2;1H;/q2*-5;/b12-10+;;. The Hall–Kier alpha value is -2.84. The molecule has 0 heterocycles. The van der Waals surface area contributed by atoms with Gasteiger partial charge < -0.3 is 81.8 Å². The van der Waals surface area contributed by atoms with E-state index >= 15 is 0 Å². The fourth-order valence-corrected chi connectivity index (χ4v) is 2.47. The third-order valence-electron chi connectivity index (χ3n) is 3.65. The summed E-state index contributed by atoms with van der Waals surface area (Å²) in [4.78, 5) is 12.5. The van der Waals surface area contributed by atoms with Gasteiger partial charge in [-0.25, -0.2) is 0 Å². The molecular weight excluding hydrogens is 436 g/mol. The van der Waals surface area contributed by atoms with Gasteiger partial charge in [0.2, 0.25) is 0 Å². The molecule has 4 heteroatoms. The van der Waals surface area contributed by atoms with E-state index in [0.29, 0.717) is 28.5 Å². The molecule has 2 nitrogen and oxygen atoms in total. The van der Waals surface area contributed by atoms with Crippen molar-refractivity contribution in [2.45, 2.75) is 6.61 Å². The average molecular weight is 449 g/mol. The predicted molar refractivity (Wildman–Crippen MR) is 110 cm³/mol. The molecule has 4 aromatic carbocycles. The molecule has 4 rings (SSSR count). The second-order valence-electron chi connectivity index (χ2n) is 5.71. The van der Waals surface area contributed by atoms with Crippen LogP contribution in [0, 0.1) is 48.5 Å².